The Bertz CT molecular complexity index is 786. The van der Waals surface area contributed by atoms with Crippen LogP contribution in [-0.2, 0) is 11.2 Å². The monoisotopic (exact) mass is 373 g/mol. The summed E-state index contributed by atoms with van der Waals surface area (Å²) in [6.45, 7) is 4.26. The second-order valence-electron chi connectivity index (χ2n) is 5.99. The van der Waals surface area contributed by atoms with Crippen molar-refractivity contribution in [3.63, 3.8) is 0 Å². The molecule has 2 rings (SSSR count). The van der Waals surface area contributed by atoms with Crippen LogP contribution < -0.4 is 5.32 Å². The highest BCUT2D eigenvalue weighted by molar-refractivity contribution is 7.99. The van der Waals surface area contributed by atoms with E-state index >= 15 is 0 Å². The molecule has 0 aliphatic heterocycles. The Morgan fingerprint density at radius 3 is 2.76 bits per heavy atom. The number of nitrogens with one attached hydrogen (secondary N) is 1. The van der Waals surface area contributed by atoms with Gasteiger partial charge in [0.05, 0.1) is 16.3 Å². The van der Waals surface area contributed by atoms with Crippen LogP contribution in [0.3, 0.4) is 0 Å². The number of aromatic nitrogens is 1. The summed E-state index contributed by atoms with van der Waals surface area (Å²) < 4.78 is 0. The van der Waals surface area contributed by atoms with E-state index in [9.17, 15) is 10.1 Å². The molecule has 0 bridgehead atoms. The van der Waals surface area contributed by atoms with Crippen molar-refractivity contribution in [2.24, 2.45) is 5.92 Å². The van der Waals surface area contributed by atoms with Crippen molar-refractivity contribution >= 4 is 35.0 Å². The molecule has 0 atom stereocenters. The molecule has 6 heteroatoms. The molecular formula is C19H20ClN3OS. The Morgan fingerprint density at radius 1 is 1.32 bits per heavy atom. The van der Waals surface area contributed by atoms with Gasteiger partial charge in [-0.05, 0) is 36.6 Å². The predicted molar refractivity (Wildman–Crippen MR) is 103 cm³/mol. The Balaban J connectivity index is 1.93. The smallest absolute Gasteiger partial charge is 0.225 e. The van der Waals surface area contributed by atoms with Crippen molar-refractivity contribution in [1.29, 1.82) is 5.26 Å². The normalized spacial score (nSPS) is 10.5. The fourth-order valence-electron chi connectivity index (χ4n) is 2.22. The van der Waals surface area contributed by atoms with Gasteiger partial charge in [-0.1, -0.05) is 37.6 Å². The first-order chi connectivity index (χ1) is 12.0. The van der Waals surface area contributed by atoms with E-state index in [1.165, 1.54) is 11.8 Å². The van der Waals surface area contributed by atoms with Crippen molar-refractivity contribution in [3.8, 4) is 6.07 Å². The van der Waals surface area contributed by atoms with E-state index < -0.39 is 0 Å². The number of halogens is 1. The summed E-state index contributed by atoms with van der Waals surface area (Å²) in [5, 5.41) is 13.2. The van der Waals surface area contributed by atoms with Gasteiger partial charge in [-0.15, -0.1) is 11.8 Å². The van der Waals surface area contributed by atoms with Gasteiger partial charge < -0.3 is 5.32 Å². The minimum Gasteiger partial charge on any atom is -0.325 e. The van der Waals surface area contributed by atoms with Crippen LogP contribution in [0.15, 0.2) is 41.4 Å². The van der Waals surface area contributed by atoms with Crippen LogP contribution in [0.25, 0.3) is 0 Å². The third-order valence-corrected chi connectivity index (χ3v) is 4.69. The van der Waals surface area contributed by atoms with Crippen LogP contribution in [0.1, 0.15) is 31.5 Å². The molecular weight excluding hydrogens is 354 g/mol. The SMILES string of the molecule is CC(C)Cc1ccc(C#N)c(SCCC(=O)Nc2ccccc2Cl)n1. The van der Waals surface area contributed by atoms with Crippen molar-refractivity contribution in [2.45, 2.75) is 31.7 Å². The number of hydrogen-bond donors (Lipinski definition) is 1. The molecule has 0 spiro atoms. The third-order valence-electron chi connectivity index (χ3n) is 3.37. The van der Waals surface area contributed by atoms with Gasteiger partial charge in [-0.3, -0.25) is 4.79 Å². The van der Waals surface area contributed by atoms with Gasteiger partial charge in [-0.2, -0.15) is 5.26 Å². The summed E-state index contributed by atoms with van der Waals surface area (Å²) in [4.78, 5) is 16.6. The molecule has 1 heterocycles. The summed E-state index contributed by atoms with van der Waals surface area (Å²) >= 11 is 7.46. The summed E-state index contributed by atoms with van der Waals surface area (Å²) in [5.74, 6) is 0.931. The molecule has 1 aromatic carbocycles. The number of hydrogen-bond acceptors (Lipinski definition) is 4. The van der Waals surface area contributed by atoms with Gasteiger partial charge in [0.25, 0.3) is 0 Å². The molecule has 0 aliphatic rings. The fraction of sp³-hybridized carbons (Fsp3) is 0.316. The van der Waals surface area contributed by atoms with Crippen molar-refractivity contribution in [3.05, 3.63) is 52.7 Å². The van der Waals surface area contributed by atoms with E-state index in [-0.39, 0.29) is 5.91 Å². The largest absolute Gasteiger partial charge is 0.325 e. The summed E-state index contributed by atoms with van der Waals surface area (Å²) in [6.07, 6.45) is 1.18. The van der Waals surface area contributed by atoms with E-state index in [1.54, 1.807) is 18.2 Å². The first-order valence-corrected chi connectivity index (χ1v) is 9.43. The van der Waals surface area contributed by atoms with E-state index in [0.717, 1.165) is 12.1 Å². The van der Waals surface area contributed by atoms with Crippen LogP contribution in [-0.4, -0.2) is 16.6 Å². The van der Waals surface area contributed by atoms with Gasteiger partial charge in [0.1, 0.15) is 11.1 Å². The maximum Gasteiger partial charge on any atom is 0.225 e. The van der Waals surface area contributed by atoms with Crippen LogP contribution in [0.2, 0.25) is 5.02 Å². The molecule has 1 aromatic heterocycles. The van der Waals surface area contributed by atoms with Crippen molar-refractivity contribution < 1.29 is 4.79 Å². The van der Waals surface area contributed by atoms with E-state index in [1.807, 2.05) is 18.2 Å². The van der Waals surface area contributed by atoms with Crippen molar-refractivity contribution in [1.82, 2.24) is 4.98 Å². The highest BCUT2D eigenvalue weighted by Gasteiger charge is 2.10. The number of anilines is 1. The van der Waals surface area contributed by atoms with Gasteiger partial charge in [0.2, 0.25) is 5.91 Å². The number of carbonyl (C=O) groups excluding carboxylic acids is 1. The van der Waals surface area contributed by atoms with E-state index in [4.69, 9.17) is 11.6 Å². The first-order valence-electron chi connectivity index (χ1n) is 8.06. The molecule has 4 nitrogen and oxygen atoms in total. The van der Waals surface area contributed by atoms with Crippen LogP contribution >= 0.6 is 23.4 Å². The van der Waals surface area contributed by atoms with Gasteiger partial charge in [0.15, 0.2) is 0 Å². The number of pyridine rings is 1. The van der Waals surface area contributed by atoms with Crippen LogP contribution in [0.4, 0.5) is 5.69 Å². The lowest BCUT2D eigenvalue weighted by Gasteiger charge is -2.09. The Morgan fingerprint density at radius 2 is 2.08 bits per heavy atom. The van der Waals surface area contributed by atoms with E-state index in [2.05, 4.69) is 30.2 Å². The minimum atomic E-state index is -0.113. The highest BCUT2D eigenvalue weighted by atomic mass is 35.5. The van der Waals surface area contributed by atoms with Gasteiger partial charge >= 0.3 is 0 Å². The van der Waals surface area contributed by atoms with E-state index in [0.29, 0.717) is 39.4 Å². The number of rotatable bonds is 7. The number of amides is 1. The molecule has 25 heavy (non-hydrogen) atoms. The Hall–Kier alpha value is -2.03. The van der Waals surface area contributed by atoms with Crippen LogP contribution in [0, 0.1) is 17.2 Å². The minimum absolute atomic E-state index is 0.113. The average Bonchev–Trinajstić information content (AvgIpc) is 2.57. The zero-order chi connectivity index (χ0) is 18.2. The number of benzene rings is 1. The third kappa shape index (κ3) is 6.08. The number of para-hydroxylation sites is 1. The topological polar surface area (TPSA) is 65.8 Å². The lowest BCUT2D eigenvalue weighted by Crippen LogP contribution is -2.12. The molecule has 2 aromatic rings. The summed E-state index contributed by atoms with van der Waals surface area (Å²) in [6, 6.07) is 13.0. The number of nitriles is 1. The molecule has 0 unspecified atom stereocenters. The number of carbonyl (C=O) groups is 1. The fourth-order valence-corrected chi connectivity index (χ4v) is 3.34. The molecule has 130 valence electrons. The Labute approximate surface area is 157 Å². The molecule has 0 aliphatic carbocycles. The zero-order valence-corrected chi connectivity index (χ0v) is 15.8. The summed E-state index contributed by atoms with van der Waals surface area (Å²) in [7, 11) is 0. The van der Waals surface area contributed by atoms with Gasteiger partial charge in [-0.25, -0.2) is 4.98 Å². The Kier molecular flexibility index (Phi) is 7.30. The average molecular weight is 374 g/mol. The standard InChI is InChI=1S/C19H20ClN3OS/c1-13(2)11-15-8-7-14(12-21)19(22-15)25-10-9-18(24)23-17-6-4-3-5-16(17)20/h3-8,13H,9-11H2,1-2H3,(H,23,24). The lowest BCUT2D eigenvalue weighted by atomic mass is 10.1. The van der Waals surface area contributed by atoms with Crippen LogP contribution in [0.5, 0.6) is 0 Å². The maximum atomic E-state index is 12.1. The maximum absolute atomic E-state index is 12.1. The lowest BCUT2D eigenvalue weighted by molar-refractivity contribution is -0.115. The quantitative estimate of drug-likeness (QED) is 0.699. The number of nitrogens with zero attached hydrogens (tertiary/aromatic N) is 2. The molecule has 1 amide bonds. The molecule has 0 saturated heterocycles. The first kappa shape index (κ1) is 19.3. The second kappa shape index (κ2) is 9.45. The van der Waals surface area contributed by atoms with Crippen molar-refractivity contribution in [2.75, 3.05) is 11.1 Å². The zero-order valence-electron chi connectivity index (χ0n) is 14.3. The predicted octanol–water partition coefficient (Wildman–Crippen LogP) is 4.93. The number of thioether (sulfide) groups is 1. The molecule has 0 radical (unpaired) electrons. The summed E-state index contributed by atoms with van der Waals surface area (Å²) in [5.41, 5.74) is 2.12. The van der Waals surface area contributed by atoms with Gasteiger partial charge in [0, 0.05) is 17.9 Å². The molecule has 1 N–H and O–H groups in total. The molecule has 0 saturated carbocycles. The molecule has 0 fully saturated rings. The highest BCUT2D eigenvalue weighted by Crippen LogP contribution is 2.24. The second-order valence-corrected chi connectivity index (χ2v) is 7.48.